The van der Waals surface area contributed by atoms with E-state index in [0.717, 1.165) is 6.26 Å². The Morgan fingerprint density at radius 1 is 1.38 bits per heavy atom. The van der Waals surface area contributed by atoms with E-state index in [0.29, 0.717) is 18.7 Å². The van der Waals surface area contributed by atoms with Gasteiger partial charge < -0.3 is 9.64 Å². The molecule has 1 aliphatic heterocycles. The van der Waals surface area contributed by atoms with Crippen molar-refractivity contribution in [1.82, 2.24) is 4.90 Å². The summed E-state index contributed by atoms with van der Waals surface area (Å²) >= 11 is 0. The highest BCUT2D eigenvalue weighted by Crippen LogP contribution is 2.25. The van der Waals surface area contributed by atoms with Crippen LogP contribution in [0.15, 0.2) is 29.2 Å². The second-order valence-corrected chi connectivity index (χ2v) is 8.17. The predicted molar refractivity (Wildman–Crippen MR) is 80.1 cm³/mol. The highest BCUT2D eigenvalue weighted by atomic mass is 32.2. The Morgan fingerprint density at radius 2 is 2.05 bits per heavy atom. The van der Waals surface area contributed by atoms with Gasteiger partial charge in [0.25, 0.3) is 5.91 Å². The predicted octanol–water partition coefficient (Wildman–Crippen LogP) is 1.73. The molecule has 1 aliphatic rings. The molecule has 0 radical (unpaired) electrons. The van der Waals surface area contributed by atoms with Gasteiger partial charge in [-0.2, -0.15) is 0 Å². The molecule has 1 unspecified atom stereocenters. The molecule has 1 fully saturated rings. The zero-order valence-corrected chi connectivity index (χ0v) is 13.6. The number of benzene rings is 1. The van der Waals surface area contributed by atoms with E-state index in [2.05, 4.69) is 0 Å². The molecule has 1 saturated heterocycles. The zero-order chi connectivity index (χ0) is 15.8. The van der Waals surface area contributed by atoms with E-state index in [1.54, 1.807) is 17.0 Å². The largest absolute Gasteiger partial charge is 0.374 e. The van der Waals surface area contributed by atoms with Crippen LogP contribution in [0.25, 0.3) is 0 Å². The molecule has 1 atom stereocenters. The molecule has 116 valence electrons. The molecule has 1 aromatic carbocycles. The SMILES string of the molecule is CC1CN(C(=O)c2cccc(S(C)(=O)=O)c2)C(C)(C)CO1. The molecule has 0 saturated carbocycles. The number of amides is 1. The number of carbonyl (C=O) groups excluding carboxylic acids is 1. The smallest absolute Gasteiger partial charge is 0.254 e. The van der Waals surface area contributed by atoms with Crippen LogP contribution < -0.4 is 0 Å². The second-order valence-electron chi connectivity index (χ2n) is 6.15. The fraction of sp³-hybridized carbons (Fsp3) is 0.533. The molecule has 1 amide bonds. The first-order valence-electron chi connectivity index (χ1n) is 6.85. The lowest BCUT2D eigenvalue weighted by Crippen LogP contribution is -2.57. The van der Waals surface area contributed by atoms with Crippen molar-refractivity contribution in [3.8, 4) is 0 Å². The van der Waals surface area contributed by atoms with Crippen LogP contribution in [0.5, 0.6) is 0 Å². The van der Waals surface area contributed by atoms with Crippen LogP contribution in [0.1, 0.15) is 31.1 Å². The Kier molecular flexibility index (Phi) is 4.13. The van der Waals surface area contributed by atoms with Gasteiger partial charge in [-0.3, -0.25) is 4.79 Å². The molecule has 0 spiro atoms. The molecule has 6 heteroatoms. The van der Waals surface area contributed by atoms with Crippen LogP contribution in [0.3, 0.4) is 0 Å². The fourth-order valence-corrected chi connectivity index (χ4v) is 3.02. The van der Waals surface area contributed by atoms with E-state index in [9.17, 15) is 13.2 Å². The van der Waals surface area contributed by atoms with Crippen LogP contribution in [-0.4, -0.2) is 50.3 Å². The van der Waals surface area contributed by atoms with Gasteiger partial charge in [0.2, 0.25) is 0 Å². The van der Waals surface area contributed by atoms with Gasteiger partial charge in [-0.05, 0) is 39.0 Å². The minimum atomic E-state index is -3.32. The summed E-state index contributed by atoms with van der Waals surface area (Å²) in [6.07, 6.45) is 1.11. The molecule has 0 bridgehead atoms. The molecule has 0 aliphatic carbocycles. The molecule has 1 heterocycles. The molecule has 21 heavy (non-hydrogen) atoms. The number of nitrogens with zero attached hydrogens (tertiary/aromatic N) is 1. The lowest BCUT2D eigenvalue weighted by atomic mass is 9.99. The summed E-state index contributed by atoms with van der Waals surface area (Å²) in [5.74, 6) is -0.166. The van der Waals surface area contributed by atoms with Crippen LogP contribution in [0, 0.1) is 0 Å². The van der Waals surface area contributed by atoms with E-state index < -0.39 is 15.4 Å². The van der Waals surface area contributed by atoms with E-state index >= 15 is 0 Å². The van der Waals surface area contributed by atoms with E-state index in [1.807, 2.05) is 20.8 Å². The lowest BCUT2D eigenvalue weighted by Gasteiger charge is -2.44. The Bertz CT molecular complexity index is 651. The first-order valence-corrected chi connectivity index (χ1v) is 8.74. The molecule has 2 rings (SSSR count). The Balaban J connectivity index is 2.35. The number of morpholine rings is 1. The fourth-order valence-electron chi connectivity index (χ4n) is 2.35. The van der Waals surface area contributed by atoms with Crippen molar-refractivity contribution in [2.24, 2.45) is 0 Å². The van der Waals surface area contributed by atoms with E-state index in [1.165, 1.54) is 12.1 Å². The highest BCUT2D eigenvalue weighted by Gasteiger charge is 2.37. The summed E-state index contributed by atoms with van der Waals surface area (Å²) < 4.78 is 28.8. The first kappa shape index (κ1) is 16.0. The number of rotatable bonds is 2. The van der Waals surface area contributed by atoms with Crippen molar-refractivity contribution >= 4 is 15.7 Å². The normalized spacial score (nSPS) is 22.1. The quantitative estimate of drug-likeness (QED) is 0.834. The Morgan fingerprint density at radius 3 is 2.67 bits per heavy atom. The third kappa shape index (κ3) is 3.44. The minimum Gasteiger partial charge on any atom is -0.374 e. The van der Waals surface area contributed by atoms with Gasteiger partial charge in [0.05, 0.1) is 23.1 Å². The van der Waals surface area contributed by atoms with Crippen molar-refractivity contribution in [3.05, 3.63) is 29.8 Å². The topological polar surface area (TPSA) is 63.7 Å². The standard InChI is InChI=1S/C15H21NO4S/c1-11-9-16(15(2,3)10-20-11)14(17)12-6-5-7-13(8-12)21(4,18)19/h5-8,11H,9-10H2,1-4H3. The number of sulfone groups is 1. The maximum absolute atomic E-state index is 12.7. The van der Waals surface area contributed by atoms with Gasteiger partial charge in [-0.1, -0.05) is 6.07 Å². The number of ether oxygens (including phenoxy) is 1. The van der Waals surface area contributed by atoms with Crippen molar-refractivity contribution < 1.29 is 17.9 Å². The summed E-state index contributed by atoms with van der Waals surface area (Å²) in [6.45, 7) is 6.76. The maximum Gasteiger partial charge on any atom is 0.254 e. The number of hydrogen-bond acceptors (Lipinski definition) is 4. The Labute approximate surface area is 125 Å². The van der Waals surface area contributed by atoms with Crippen molar-refractivity contribution in [1.29, 1.82) is 0 Å². The van der Waals surface area contributed by atoms with Crippen molar-refractivity contribution in [3.63, 3.8) is 0 Å². The van der Waals surface area contributed by atoms with Gasteiger partial charge in [0.15, 0.2) is 9.84 Å². The summed E-state index contributed by atoms with van der Waals surface area (Å²) in [6, 6.07) is 6.18. The van der Waals surface area contributed by atoms with Crippen molar-refractivity contribution in [2.75, 3.05) is 19.4 Å². The lowest BCUT2D eigenvalue weighted by molar-refractivity contribution is -0.0756. The highest BCUT2D eigenvalue weighted by molar-refractivity contribution is 7.90. The van der Waals surface area contributed by atoms with Gasteiger partial charge in [-0.15, -0.1) is 0 Å². The molecule has 0 aromatic heterocycles. The maximum atomic E-state index is 12.7. The minimum absolute atomic E-state index is 0.0277. The average Bonchev–Trinajstić information content (AvgIpc) is 2.40. The molecule has 0 N–H and O–H groups in total. The van der Waals surface area contributed by atoms with Crippen LogP contribution >= 0.6 is 0 Å². The summed E-state index contributed by atoms with van der Waals surface area (Å²) in [7, 11) is -3.32. The number of carbonyl (C=O) groups is 1. The molecule has 1 aromatic rings. The van der Waals surface area contributed by atoms with Crippen LogP contribution in [0.2, 0.25) is 0 Å². The van der Waals surface area contributed by atoms with Gasteiger partial charge in [0, 0.05) is 18.4 Å². The third-order valence-electron chi connectivity index (χ3n) is 3.65. The molecular formula is C15H21NO4S. The second kappa shape index (κ2) is 5.42. The molecule has 5 nitrogen and oxygen atoms in total. The van der Waals surface area contributed by atoms with E-state index in [4.69, 9.17) is 4.74 Å². The summed E-state index contributed by atoms with van der Waals surface area (Å²) in [5, 5.41) is 0. The van der Waals surface area contributed by atoms with Gasteiger partial charge in [-0.25, -0.2) is 8.42 Å². The summed E-state index contributed by atoms with van der Waals surface area (Å²) in [4.78, 5) is 14.6. The zero-order valence-electron chi connectivity index (χ0n) is 12.8. The van der Waals surface area contributed by atoms with Crippen LogP contribution in [0.4, 0.5) is 0 Å². The van der Waals surface area contributed by atoms with Crippen molar-refractivity contribution in [2.45, 2.75) is 37.3 Å². The van der Waals surface area contributed by atoms with Gasteiger partial charge in [0.1, 0.15) is 0 Å². The first-order chi connectivity index (χ1) is 9.61. The number of hydrogen-bond donors (Lipinski definition) is 0. The van der Waals surface area contributed by atoms with E-state index in [-0.39, 0.29) is 16.9 Å². The Hall–Kier alpha value is -1.40. The monoisotopic (exact) mass is 311 g/mol. The third-order valence-corrected chi connectivity index (χ3v) is 4.76. The van der Waals surface area contributed by atoms with Gasteiger partial charge >= 0.3 is 0 Å². The summed E-state index contributed by atoms with van der Waals surface area (Å²) in [5.41, 5.74) is -0.0230. The average molecular weight is 311 g/mol. The molecular weight excluding hydrogens is 290 g/mol. The van der Waals surface area contributed by atoms with Crippen LogP contribution in [-0.2, 0) is 14.6 Å².